The highest BCUT2D eigenvalue weighted by Crippen LogP contribution is 2.38. The molecule has 4 nitrogen and oxygen atoms in total. The Kier molecular flexibility index (Phi) is 2.51. The van der Waals surface area contributed by atoms with E-state index in [-0.39, 0.29) is 5.54 Å². The molecule has 0 atom stereocenters. The van der Waals surface area contributed by atoms with Crippen LogP contribution in [0.15, 0.2) is 22.0 Å². The van der Waals surface area contributed by atoms with E-state index in [1.165, 1.54) is 9.40 Å². The van der Waals surface area contributed by atoms with Crippen LogP contribution in [0.5, 0.6) is 0 Å². The lowest BCUT2D eigenvalue weighted by atomic mass is 9.99. The van der Waals surface area contributed by atoms with E-state index in [9.17, 15) is 0 Å². The smallest absolute Gasteiger partial charge is 0.268 e. The topological polar surface area (TPSA) is 64.9 Å². The average molecular weight is 291 g/mol. The number of rotatable bonds is 2. The molecular weight excluding hydrogens is 278 g/mol. The molecule has 0 radical (unpaired) electrons. The summed E-state index contributed by atoms with van der Waals surface area (Å²) in [5, 5.41) is 6.19. The van der Waals surface area contributed by atoms with Crippen molar-refractivity contribution in [3.05, 3.63) is 23.3 Å². The fourth-order valence-electron chi connectivity index (χ4n) is 2.63. The Morgan fingerprint density at radius 2 is 2.11 bits per heavy atom. The largest absolute Gasteiger partial charge is 0.333 e. The second-order valence-electron chi connectivity index (χ2n) is 5.05. The standard InChI is InChI=1S/C13H13N3OS2/c14-13(4-1-2-5-13)12-15-11(17-16-12)10-7-9-8(19-10)3-6-18-9/h3,6-7H,1-2,4-5,14H2. The third-order valence-corrected chi connectivity index (χ3v) is 5.80. The van der Waals surface area contributed by atoms with E-state index in [0.717, 1.165) is 30.6 Å². The maximum atomic E-state index is 6.35. The maximum Gasteiger partial charge on any atom is 0.268 e. The molecule has 0 bridgehead atoms. The maximum absolute atomic E-state index is 6.35. The van der Waals surface area contributed by atoms with Crippen molar-refractivity contribution >= 4 is 32.1 Å². The Balaban J connectivity index is 1.72. The Morgan fingerprint density at radius 3 is 2.89 bits per heavy atom. The summed E-state index contributed by atoms with van der Waals surface area (Å²) < 4.78 is 7.93. The normalized spacial score (nSPS) is 18.4. The van der Waals surface area contributed by atoms with Crippen LogP contribution in [0, 0.1) is 0 Å². The Labute approximate surface area is 118 Å². The van der Waals surface area contributed by atoms with Gasteiger partial charge in [-0.05, 0) is 30.4 Å². The summed E-state index contributed by atoms with van der Waals surface area (Å²) >= 11 is 3.42. The monoisotopic (exact) mass is 291 g/mol. The molecule has 3 aromatic rings. The fourth-order valence-corrected chi connectivity index (χ4v) is 4.66. The molecular formula is C13H13N3OS2. The molecule has 0 spiro atoms. The second kappa shape index (κ2) is 4.13. The third kappa shape index (κ3) is 1.82. The second-order valence-corrected chi connectivity index (χ2v) is 7.08. The number of fused-ring (bicyclic) bond motifs is 1. The van der Waals surface area contributed by atoms with E-state index >= 15 is 0 Å². The lowest BCUT2D eigenvalue weighted by Gasteiger charge is -2.17. The first-order valence-corrected chi connectivity index (χ1v) is 8.05. The van der Waals surface area contributed by atoms with Gasteiger partial charge in [-0.3, -0.25) is 0 Å². The first-order valence-electron chi connectivity index (χ1n) is 6.35. The van der Waals surface area contributed by atoms with Crippen molar-refractivity contribution in [2.75, 3.05) is 0 Å². The highest BCUT2D eigenvalue weighted by atomic mass is 32.1. The van der Waals surface area contributed by atoms with Gasteiger partial charge in [-0.25, -0.2) is 0 Å². The summed E-state index contributed by atoms with van der Waals surface area (Å²) in [4.78, 5) is 5.55. The minimum absolute atomic E-state index is 0.379. The van der Waals surface area contributed by atoms with Crippen LogP contribution in [-0.2, 0) is 5.54 Å². The number of nitrogens with zero attached hydrogens (tertiary/aromatic N) is 2. The van der Waals surface area contributed by atoms with Crippen LogP contribution in [0.25, 0.3) is 20.2 Å². The summed E-state index contributed by atoms with van der Waals surface area (Å²) in [5.41, 5.74) is 5.97. The van der Waals surface area contributed by atoms with Gasteiger partial charge >= 0.3 is 0 Å². The molecule has 1 aliphatic carbocycles. The quantitative estimate of drug-likeness (QED) is 0.781. The minimum Gasteiger partial charge on any atom is -0.333 e. The first-order chi connectivity index (χ1) is 9.24. The van der Waals surface area contributed by atoms with E-state index < -0.39 is 0 Å². The molecule has 1 saturated carbocycles. The van der Waals surface area contributed by atoms with Crippen molar-refractivity contribution in [3.63, 3.8) is 0 Å². The Morgan fingerprint density at radius 1 is 1.26 bits per heavy atom. The van der Waals surface area contributed by atoms with Gasteiger partial charge in [0.1, 0.15) is 0 Å². The number of nitrogens with two attached hydrogens (primary N) is 1. The molecule has 0 amide bonds. The number of hydrogen-bond donors (Lipinski definition) is 1. The van der Waals surface area contributed by atoms with Gasteiger partial charge < -0.3 is 10.3 Å². The summed E-state index contributed by atoms with van der Waals surface area (Å²) in [5.74, 6) is 1.26. The van der Waals surface area contributed by atoms with Gasteiger partial charge in [-0.2, -0.15) is 4.98 Å². The van der Waals surface area contributed by atoms with Crippen molar-refractivity contribution in [2.24, 2.45) is 5.73 Å². The number of thiophene rings is 2. The Bertz CT molecular complexity index is 692. The lowest BCUT2D eigenvalue weighted by molar-refractivity contribution is 0.373. The van der Waals surface area contributed by atoms with E-state index in [2.05, 4.69) is 27.7 Å². The summed E-state index contributed by atoms with van der Waals surface area (Å²) in [6, 6.07) is 4.23. The predicted molar refractivity (Wildman–Crippen MR) is 77.3 cm³/mol. The highest BCUT2D eigenvalue weighted by Gasteiger charge is 2.36. The van der Waals surface area contributed by atoms with E-state index in [1.54, 1.807) is 22.7 Å². The van der Waals surface area contributed by atoms with Gasteiger partial charge in [-0.1, -0.05) is 18.0 Å². The zero-order chi connectivity index (χ0) is 12.9. The van der Waals surface area contributed by atoms with Crippen molar-refractivity contribution < 1.29 is 4.52 Å². The number of aromatic nitrogens is 2. The van der Waals surface area contributed by atoms with Crippen LogP contribution < -0.4 is 5.73 Å². The molecule has 0 saturated heterocycles. The van der Waals surface area contributed by atoms with Crippen LogP contribution in [0.4, 0.5) is 0 Å². The summed E-state index contributed by atoms with van der Waals surface area (Å²) in [6.07, 6.45) is 4.20. The summed E-state index contributed by atoms with van der Waals surface area (Å²) in [6.45, 7) is 0. The van der Waals surface area contributed by atoms with Gasteiger partial charge in [0.15, 0.2) is 5.82 Å². The zero-order valence-electron chi connectivity index (χ0n) is 10.3. The number of hydrogen-bond acceptors (Lipinski definition) is 6. The molecule has 98 valence electrons. The van der Waals surface area contributed by atoms with Crippen LogP contribution in [0.3, 0.4) is 0 Å². The van der Waals surface area contributed by atoms with E-state index in [1.807, 2.05) is 0 Å². The average Bonchev–Trinajstić information content (AvgIpc) is 3.11. The van der Waals surface area contributed by atoms with Gasteiger partial charge in [0.25, 0.3) is 5.89 Å². The minimum atomic E-state index is -0.379. The lowest BCUT2D eigenvalue weighted by Crippen LogP contribution is -2.34. The van der Waals surface area contributed by atoms with Gasteiger partial charge in [0.05, 0.1) is 10.4 Å². The summed E-state index contributed by atoms with van der Waals surface area (Å²) in [7, 11) is 0. The molecule has 0 unspecified atom stereocenters. The van der Waals surface area contributed by atoms with Crippen LogP contribution in [-0.4, -0.2) is 10.1 Å². The molecule has 2 N–H and O–H groups in total. The van der Waals surface area contributed by atoms with Crippen molar-refractivity contribution in [1.29, 1.82) is 0 Å². The molecule has 1 aliphatic rings. The van der Waals surface area contributed by atoms with Crippen molar-refractivity contribution in [2.45, 2.75) is 31.2 Å². The SMILES string of the molecule is NC1(c2noc(-c3cc4sccc4s3)n2)CCCC1. The molecule has 3 heterocycles. The van der Waals surface area contributed by atoms with Crippen molar-refractivity contribution in [3.8, 4) is 10.8 Å². The van der Waals surface area contributed by atoms with E-state index in [4.69, 9.17) is 10.3 Å². The molecule has 6 heteroatoms. The highest BCUT2D eigenvalue weighted by molar-refractivity contribution is 7.28. The van der Waals surface area contributed by atoms with Crippen LogP contribution in [0.2, 0.25) is 0 Å². The molecule has 0 aromatic carbocycles. The van der Waals surface area contributed by atoms with E-state index in [0.29, 0.717) is 11.7 Å². The molecule has 1 fully saturated rings. The third-order valence-electron chi connectivity index (χ3n) is 3.72. The fraction of sp³-hybridized carbons (Fsp3) is 0.385. The Hall–Kier alpha value is -1.24. The molecule has 19 heavy (non-hydrogen) atoms. The zero-order valence-corrected chi connectivity index (χ0v) is 11.9. The molecule has 4 rings (SSSR count). The molecule has 3 aromatic heterocycles. The van der Waals surface area contributed by atoms with Crippen LogP contribution >= 0.6 is 22.7 Å². The van der Waals surface area contributed by atoms with Gasteiger partial charge in [0.2, 0.25) is 0 Å². The molecule has 0 aliphatic heterocycles. The van der Waals surface area contributed by atoms with Crippen LogP contribution in [0.1, 0.15) is 31.5 Å². The van der Waals surface area contributed by atoms with Gasteiger partial charge in [-0.15, -0.1) is 22.7 Å². The van der Waals surface area contributed by atoms with Gasteiger partial charge in [0, 0.05) is 9.40 Å². The predicted octanol–water partition coefficient (Wildman–Crippen LogP) is 3.74. The van der Waals surface area contributed by atoms with Crippen molar-refractivity contribution in [1.82, 2.24) is 10.1 Å². The first kappa shape index (κ1) is 11.6.